The fourth-order valence-electron chi connectivity index (χ4n) is 2.02. The van der Waals surface area contributed by atoms with Gasteiger partial charge < -0.3 is 15.0 Å². The molecule has 0 unspecified atom stereocenters. The lowest BCUT2D eigenvalue weighted by Crippen LogP contribution is -2.37. The van der Waals surface area contributed by atoms with E-state index in [9.17, 15) is 0 Å². The summed E-state index contributed by atoms with van der Waals surface area (Å²) in [7, 11) is 4.00. The third-order valence-electron chi connectivity index (χ3n) is 3.09. The Balaban J connectivity index is 2.09. The van der Waals surface area contributed by atoms with Crippen molar-refractivity contribution in [3.63, 3.8) is 0 Å². The van der Waals surface area contributed by atoms with Gasteiger partial charge >= 0.3 is 0 Å². The molecular weight excluding hydrogens is 202 g/mol. The van der Waals surface area contributed by atoms with Gasteiger partial charge in [-0.05, 0) is 25.0 Å². The maximum atomic E-state index is 5.37. The molecule has 16 heavy (non-hydrogen) atoms. The highest BCUT2D eigenvalue weighted by atomic mass is 16.5. The van der Waals surface area contributed by atoms with Gasteiger partial charge in [0.15, 0.2) is 0 Å². The number of ether oxygens (including phenoxy) is 1. The molecule has 0 saturated carbocycles. The van der Waals surface area contributed by atoms with E-state index in [0.717, 1.165) is 37.7 Å². The third kappa shape index (κ3) is 2.44. The summed E-state index contributed by atoms with van der Waals surface area (Å²) in [5.41, 5.74) is 0. The summed E-state index contributed by atoms with van der Waals surface area (Å²) in [5.74, 6) is 1.94. The summed E-state index contributed by atoms with van der Waals surface area (Å²) in [6.07, 6.45) is 2.17. The largest absolute Gasteiger partial charge is 0.381 e. The summed E-state index contributed by atoms with van der Waals surface area (Å²) < 4.78 is 5.37. The fourth-order valence-corrected chi connectivity index (χ4v) is 2.02. The Labute approximate surface area is 96.6 Å². The van der Waals surface area contributed by atoms with Crippen LogP contribution in [0.25, 0.3) is 0 Å². The van der Waals surface area contributed by atoms with Gasteiger partial charge in [-0.1, -0.05) is 6.07 Å². The summed E-state index contributed by atoms with van der Waals surface area (Å²) in [5, 5.41) is 3.06. The number of rotatable bonds is 3. The second-order valence-corrected chi connectivity index (χ2v) is 4.09. The molecule has 0 atom stereocenters. The Morgan fingerprint density at radius 3 is 2.81 bits per heavy atom. The van der Waals surface area contributed by atoms with Crippen molar-refractivity contribution in [1.82, 2.24) is 4.98 Å². The maximum Gasteiger partial charge on any atom is 0.130 e. The van der Waals surface area contributed by atoms with Crippen LogP contribution >= 0.6 is 0 Å². The first kappa shape index (κ1) is 11.2. The van der Waals surface area contributed by atoms with Crippen LogP contribution in [0.15, 0.2) is 18.2 Å². The Kier molecular flexibility index (Phi) is 3.62. The zero-order valence-electron chi connectivity index (χ0n) is 9.94. The number of hydrogen-bond donors (Lipinski definition) is 1. The molecule has 0 radical (unpaired) electrons. The molecule has 2 heterocycles. The minimum Gasteiger partial charge on any atom is -0.381 e. The molecule has 2 rings (SSSR count). The van der Waals surface area contributed by atoms with Crippen molar-refractivity contribution in [2.75, 3.05) is 37.5 Å². The van der Waals surface area contributed by atoms with Crippen LogP contribution in [0.4, 0.5) is 11.6 Å². The number of pyridine rings is 1. The van der Waals surface area contributed by atoms with Crippen molar-refractivity contribution in [2.24, 2.45) is 0 Å². The van der Waals surface area contributed by atoms with Crippen LogP contribution in [-0.4, -0.2) is 38.3 Å². The van der Waals surface area contributed by atoms with Crippen molar-refractivity contribution in [1.29, 1.82) is 0 Å². The van der Waals surface area contributed by atoms with E-state index in [1.807, 2.05) is 19.2 Å². The van der Waals surface area contributed by atoms with E-state index in [1.54, 1.807) is 0 Å². The highest BCUT2D eigenvalue weighted by Crippen LogP contribution is 2.20. The van der Waals surface area contributed by atoms with Crippen LogP contribution in [0.2, 0.25) is 0 Å². The molecule has 1 aliphatic rings. The summed E-state index contributed by atoms with van der Waals surface area (Å²) in [4.78, 5) is 6.79. The van der Waals surface area contributed by atoms with Crippen LogP contribution in [0.3, 0.4) is 0 Å². The topological polar surface area (TPSA) is 37.4 Å². The molecule has 1 aromatic rings. The summed E-state index contributed by atoms with van der Waals surface area (Å²) in [6, 6.07) is 6.61. The molecule has 4 nitrogen and oxygen atoms in total. The Morgan fingerprint density at radius 2 is 2.12 bits per heavy atom. The van der Waals surface area contributed by atoms with Gasteiger partial charge in [0.2, 0.25) is 0 Å². The molecule has 4 heteroatoms. The van der Waals surface area contributed by atoms with Gasteiger partial charge in [-0.3, -0.25) is 0 Å². The fraction of sp³-hybridized carbons (Fsp3) is 0.583. The van der Waals surface area contributed by atoms with Crippen LogP contribution in [-0.2, 0) is 4.74 Å². The monoisotopic (exact) mass is 221 g/mol. The van der Waals surface area contributed by atoms with Crippen molar-refractivity contribution >= 4 is 11.6 Å². The number of anilines is 2. The third-order valence-corrected chi connectivity index (χ3v) is 3.09. The predicted octanol–water partition coefficient (Wildman–Crippen LogP) is 1.74. The molecule has 1 aromatic heterocycles. The average Bonchev–Trinajstić information content (AvgIpc) is 2.39. The van der Waals surface area contributed by atoms with Gasteiger partial charge in [0.1, 0.15) is 11.6 Å². The molecular formula is C12H19N3O. The van der Waals surface area contributed by atoms with Crippen LogP contribution < -0.4 is 10.2 Å². The first-order valence-electron chi connectivity index (χ1n) is 5.76. The predicted molar refractivity (Wildman–Crippen MR) is 66.0 cm³/mol. The van der Waals surface area contributed by atoms with Gasteiger partial charge in [-0.15, -0.1) is 0 Å². The molecule has 0 aromatic carbocycles. The SMILES string of the molecule is CNc1cccc(N(C)C2CCOCC2)n1. The second-order valence-electron chi connectivity index (χ2n) is 4.09. The highest BCUT2D eigenvalue weighted by molar-refractivity contribution is 5.46. The summed E-state index contributed by atoms with van der Waals surface area (Å²) >= 11 is 0. The number of hydrogen-bond acceptors (Lipinski definition) is 4. The van der Waals surface area contributed by atoms with Crippen molar-refractivity contribution in [3.8, 4) is 0 Å². The van der Waals surface area contributed by atoms with Gasteiger partial charge in [-0.2, -0.15) is 0 Å². The Hall–Kier alpha value is -1.29. The maximum absolute atomic E-state index is 5.37. The molecule has 1 N–H and O–H groups in total. The summed E-state index contributed by atoms with van der Waals surface area (Å²) in [6.45, 7) is 1.72. The number of nitrogens with zero attached hydrogens (tertiary/aromatic N) is 2. The van der Waals surface area contributed by atoms with E-state index in [-0.39, 0.29) is 0 Å². The lowest BCUT2D eigenvalue weighted by Gasteiger charge is -2.32. The van der Waals surface area contributed by atoms with Crippen molar-refractivity contribution in [2.45, 2.75) is 18.9 Å². The van der Waals surface area contributed by atoms with E-state index < -0.39 is 0 Å². The minimum atomic E-state index is 0.549. The molecule has 0 bridgehead atoms. The van der Waals surface area contributed by atoms with Gasteiger partial charge in [0, 0.05) is 33.4 Å². The molecule has 0 amide bonds. The van der Waals surface area contributed by atoms with Crippen LogP contribution in [0.5, 0.6) is 0 Å². The molecule has 0 spiro atoms. The quantitative estimate of drug-likeness (QED) is 0.843. The lowest BCUT2D eigenvalue weighted by atomic mass is 10.1. The molecule has 1 aliphatic heterocycles. The molecule has 88 valence electrons. The van der Waals surface area contributed by atoms with E-state index >= 15 is 0 Å². The molecule has 0 aliphatic carbocycles. The van der Waals surface area contributed by atoms with Crippen LogP contribution in [0, 0.1) is 0 Å². The number of aromatic nitrogens is 1. The second kappa shape index (κ2) is 5.16. The van der Waals surface area contributed by atoms with E-state index in [4.69, 9.17) is 4.74 Å². The normalized spacial score (nSPS) is 17.1. The molecule has 1 fully saturated rings. The first-order chi connectivity index (χ1) is 7.81. The average molecular weight is 221 g/mol. The lowest BCUT2D eigenvalue weighted by molar-refractivity contribution is 0.0853. The Bertz CT molecular complexity index is 337. The number of nitrogens with one attached hydrogen (secondary N) is 1. The van der Waals surface area contributed by atoms with E-state index in [0.29, 0.717) is 6.04 Å². The van der Waals surface area contributed by atoms with E-state index in [2.05, 4.69) is 28.3 Å². The van der Waals surface area contributed by atoms with Gasteiger partial charge in [0.25, 0.3) is 0 Å². The van der Waals surface area contributed by atoms with Crippen molar-refractivity contribution < 1.29 is 4.74 Å². The van der Waals surface area contributed by atoms with E-state index in [1.165, 1.54) is 0 Å². The minimum absolute atomic E-state index is 0.549. The van der Waals surface area contributed by atoms with Crippen molar-refractivity contribution in [3.05, 3.63) is 18.2 Å². The zero-order valence-corrected chi connectivity index (χ0v) is 9.94. The first-order valence-corrected chi connectivity index (χ1v) is 5.76. The highest BCUT2D eigenvalue weighted by Gasteiger charge is 2.19. The Morgan fingerprint density at radius 1 is 1.38 bits per heavy atom. The molecule has 1 saturated heterocycles. The standard InChI is InChI=1S/C12H19N3O/c1-13-11-4-3-5-12(14-11)15(2)10-6-8-16-9-7-10/h3-5,10H,6-9H2,1-2H3,(H,13,14). The van der Waals surface area contributed by atoms with Gasteiger partial charge in [-0.25, -0.2) is 4.98 Å². The smallest absolute Gasteiger partial charge is 0.130 e. The zero-order chi connectivity index (χ0) is 11.4. The van der Waals surface area contributed by atoms with Gasteiger partial charge in [0.05, 0.1) is 0 Å². The van der Waals surface area contributed by atoms with Crippen LogP contribution in [0.1, 0.15) is 12.8 Å².